The fourth-order valence-corrected chi connectivity index (χ4v) is 1.48. The number of rotatable bonds is 1. The molecule has 0 saturated carbocycles. The van der Waals surface area contributed by atoms with Gasteiger partial charge >= 0.3 is 5.69 Å². The van der Waals surface area contributed by atoms with Gasteiger partial charge in [-0.3, -0.25) is 14.3 Å². The second kappa shape index (κ2) is 3.81. The quantitative estimate of drug-likeness (QED) is 0.515. The first-order valence-electron chi connectivity index (χ1n) is 4.49. The van der Waals surface area contributed by atoms with Gasteiger partial charge in [0.2, 0.25) is 5.82 Å². The summed E-state index contributed by atoms with van der Waals surface area (Å²) in [6.45, 7) is -0.168. The first-order valence-corrected chi connectivity index (χ1v) is 4.49. The Bertz CT molecular complexity index is 510. The minimum Gasteiger partial charge on any atom is -0.388 e. The Morgan fingerprint density at radius 3 is 2.75 bits per heavy atom. The van der Waals surface area contributed by atoms with Crippen LogP contribution in [-0.2, 0) is 4.74 Å². The van der Waals surface area contributed by atoms with Crippen molar-refractivity contribution in [2.45, 2.75) is 18.4 Å². The van der Waals surface area contributed by atoms with Gasteiger partial charge in [-0.1, -0.05) is 0 Å². The van der Waals surface area contributed by atoms with Crippen molar-refractivity contribution in [2.75, 3.05) is 6.61 Å². The minimum atomic E-state index is -1.34. The number of hydrogen-bond donors (Lipinski definition) is 3. The molecule has 0 spiro atoms. The zero-order chi connectivity index (χ0) is 11.9. The van der Waals surface area contributed by atoms with Crippen LogP contribution in [0.4, 0.5) is 4.39 Å². The van der Waals surface area contributed by atoms with Crippen LogP contribution in [0.15, 0.2) is 15.8 Å². The molecule has 0 aromatic carbocycles. The molecule has 1 unspecified atom stereocenters. The number of aromatic amines is 1. The fraction of sp³-hybridized carbons (Fsp3) is 0.500. The molecule has 3 N–H and O–H groups in total. The molecule has 16 heavy (non-hydrogen) atoms. The highest BCUT2D eigenvalue weighted by Crippen LogP contribution is 2.22. The number of aromatic nitrogens is 2. The first-order chi connectivity index (χ1) is 7.50. The minimum absolute atomic E-state index is 0.168. The van der Waals surface area contributed by atoms with Gasteiger partial charge in [0.25, 0.3) is 5.56 Å². The molecule has 1 aromatic rings. The van der Waals surface area contributed by atoms with Crippen molar-refractivity contribution >= 4 is 0 Å². The van der Waals surface area contributed by atoms with E-state index in [4.69, 9.17) is 4.74 Å². The average molecular weight is 232 g/mol. The van der Waals surface area contributed by atoms with Crippen molar-refractivity contribution in [1.82, 2.24) is 9.55 Å². The third-order valence-corrected chi connectivity index (χ3v) is 2.32. The Morgan fingerprint density at radius 2 is 2.19 bits per heavy atom. The van der Waals surface area contributed by atoms with Crippen LogP contribution in [-0.4, -0.2) is 38.6 Å². The number of halogens is 1. The Hall–Kier alpha value is -1.51. The molecule has 0 bridgehead atoms. The molecule has 1 fully saturated rings. The van der Waals surface area contributed by atoms with E-state index < -0.39 is 35.5 Å². The monoisotopic (exact) mass is 232 g/mol. The zero-order valence-electron chi connectivity index (χ0n) is 7.96. The van der Waals surface area contributed by atoms with E-state index in [0.717, 1.165) is 0 Å². The molecular weight excluding hydrogens is 223 g/mol. The van der Waals surface area contributed by atoms with Gasteiger partial charge in [-0.25, -0.2) is 4.79 Å². The molecule has 1 saturated heterocycles. The molecule has 0 amide bonds. The number of aliphatic hydroxyl groups is 2. The van der Waals surface area contributed by atoms with Crippen molar-refractivity contribution in [3.05, 3.63) is 32.9 Å². The van der Waals surface area contributed by atoms with Crippen LogP contribution in [0.1, 0.15) is 6.23 Å². The second-order valence-electron chi connectivity index (χ2n) is 3.43. The SMILES string of the molecule is O=c1[nH]c(=O)n(C2OC[C@@H](O)[C@H]2O)cc1F. The summed E-state index contributed by atoms with van der Waals surface area (Å²) in [5.74, 6) is -1.17. The lowest BCUT2D eigenvalue weighted by molar-refractivity contribution is -0.0218. The van der Waals surface area contributed by atoms with Gasteiger partial charge < -0.3 is 14.9 Å². The molecule has 0 aliphatic carbocycles. The van der Waals surface area contributed by atoms with Crippen LogP contribution in [0, 0.1) is 5.82 Å². The Balaban J connectivity index is 2.45. The van der Waals surface area contributed by atoms with Crippen LogP contribution < -0.4 is 11.2 Å². The van der Waals surface area contributed by atoms with E-state index >= 15 is 0 Å². The van der Waals surface area contributed by atoms with Gasteiger partial charge in [-0.2, -0.15) is 4.39 Å². The lowest BCUT2D eigenvalue weighted by Gasteiger charge is -2.16. The van der Waals surface area contributed by atoms with Crippen molar-refractivity contribution in [2.24, 2.45) is 0 Å². The molecule has 1 aliphatic rings. The van der Waals surface area contributed by atoms with E-state index in [2.05, 4.69) is 0 Å². The van der Waals surface area contributed by atoms with Gasteiger partial charge in [0, 0.05) is 0 Å². The van der Waals surface area contributed by atoms with Crippen molar-refractivity contribution in [1.29, 1.82) is 0 Å². The molecule has 3 atom stereocenters. The van der Waals surface area contributed by atoms with Crippen LogP contribution in [0.3, 0.4) is 0 Å². The highest BCUT2D eigenvalue weighted by atomic mass is 19.1. The summed E-state index contributed by atoms with van der Waals surface area (Å²) >= 11 is 0. The van der Waals surface area contributed by atoms with E-state index in [1.807, 2.05) is 0 Å². The Labute approximate surface area is 87.7 Å². The summed E-state index contributed by atoms with van der Waals surface area (Å²) < 4.78 is 18.5. The van der Waals surface area contributed by atoms with Crippen molar-refractivity contribution in [3.8, 4) is 0 Å². The lowest BCUT2D eigenvalue weighted by atomic mass is 10.2. The number of hydrogen-bond acceptors (Lipinski definition) is 5. The third kappa shape index (κ3) is 1.66. The highest BCUT2D eigenvalue weighted by Gasteiger charge is 2.36. The summed E-state index contributed by atoms with van der Waals surface area (Å²) in [5.41, 5.74) is -2.06. The van der Waals surface area contributed by atoms with Gasteiger partial charge in [-0.15, -0.1) is 0 Å². The average Bonchev–Trinajstić information content (AvgIpc) is 2.54. The van der Waals surface area contributed by atoms with Crippen LogP contribution in [0.5, 0.6) is 0 Å². The zero-order valence-corrected chi connectivity index (χ0v) is 7.96. The van der Waals surface area contributed by atoms with E-state index in [9.17, 15) is 24.2 Å². The molecule has 2 heterocycles. The summed E-state index contributed by atoms with van der Waals surface area (Å²) in [4.78, 5) is 23.8. The predicted molar refractivity (Wildman–Crippen MR) is 48.3 cm³/mol. The second-order valence-corrected chi connectivity index (χ2v) is 3.43. The van der Waals surface area contributed by atoms with Gasteiger partial charge in [0.15, 0.2) is 6.23 Å². The molecule has 0 radical (unpaired) electrons. The van der Waals surface area contributed by atoms with E-state index in [-0.39, 0.29) is 6.61 Å². The van der Waals surface area contributed by atoms with E-state index in [0.29, 0.717) is 10.8 Å². The third-order valence-electron chi connectivity index (χ3n) is 2.32. The predicted octanol–water partition coefficient (Wildman–Crippen LogP) is -2.07. The number of H-pyrrole nitrogens is 1. The molecule has 88 valence electrons. The number of nitrogens with zero attached hydrogens (tertiary/aromatic N) is 1. The van der Waals surface area contributed by atoms with Crippen LogP contribution >= 0.6 is 0 Å². The van der Waals surface area contributed by atoms with Crippen LogP contribution in [0.2, 0.25) is 0 Å². The summed E-state index contributed by atoms with van der Waals surface area (Å²) in [5, 5.41) is 18.6. The van der Waals surface area contributed by atoms with E-state index in [1.54, 1.807) is 4.98 Å². The highest BCUT2D eigenvalue weighted by molar-refractivity contribution is 4.91. The fourth-order valence-electron chi connectivity index (χ4n) is 1.48. The van der Waals surface area contributed by atoms with Gasteiger partial charge in [0.05, 0.1) is 12.8 Å². The molecule has 1 aliphatic heterocycles. The largest absolute Gasteiger partial charge is 0.388 e. The summed E-state index contributed by atoms with van der Waals surface area (Å²) in [7, 11) is 0. The Morgan fingerprint density at radius 1 is 1.50 bits per heavy atom. The molecule has 8 heteroatoms. The molecule has 7 nitrogen and oxygen atoms in total. The summed E-state index contributed by atoms with van der Waals surface area (Å²) in [6.07, 6.45) is -3.06. The number of ether oxygens (including phenoxy) is 1. The maximum atomic E-state index is 12.9. The van der Waals surface area contributed by atoms with E-state index in [1.165, 1.54) is 0 Å². The van der Waals surface area contributed by atoms with Crippen molar-refractivity contribution < 1.29 is 19.3 Å². The Kier molecular flexibility index (Phi) is 2.62. The van der Waals surface area contributed by atoms with Gasteiger partial charge in [-0.05, 0) is 0 Å². The molecular formula is C8H9FN2O5. The van der Waals surface area contributed by atoms with Gasteiger partial charge in [0.1, 0.15) is 12.2 Å². The summed E-state index contributed by atoms with van der Waals surface area (Å²) in [6, 6.07) is 0. The molecule has 2 rings (SSSR count). The lowest BCUT2D eigenvalue weighted by Crippen LogP contribution is -2.38. The maximum absolute atomic E-state index is 12.9. The maximum Gasteiger partial charge on any atom is 0.330 e. The number of aliphatic hydroxyl groups excluding tert-OH is 2. The topological polar surface area (TPSA) is 105 Å². The normalized spacial score (nSPS) is 29.6. The number of nitrogens with one attached hydrogen (secondary N) is 1. The standard InChI is InChI=1S/C8H9FN2O5/c9-3-1-11(8(15)10-6(3)14)7-5(13)4(12)2-16-7/h1,4-5,7,12-13H,2H2,(H,10,14,15)/t4-,5-,7?/m1/s1. The molecule has 1 aromatic heterocycles. The first kappa shape index (κ1) is 11.0. The van der Waals surface area contributed by atoms with Crippen molar-refractivity contribution in [3.63, 3.8) is 0 Å². The van der Waals surface area contributed by atoms with Crippen LogP contribution in [0.25, 0.3) is 0 Å². The smallest absolute Gasteiger partial charge is 0.330 e.